The molecule has 1 heterocycles. The van der Waals surface area contributed by atoms with E-state index in [0.717, 1.165) is 27.7 Å². The number of nitrogens with zero attached hydrogens (tertiary/aromatic N) is 2. The Morgan fingerprint density at radius 2 is 2.00 bits per heavy atom. The van der Waals surface area contributed by atoms with Gasteiger partial charge < -0.3 is 5.73 Å². The van der Waals surface area contributed by atoms with Gasteiger partial charge in [0.15, 0.2) is 0 Å². The Bertz CT molecular complexity index is 792. The Balaban J connectivity index is 1.92. The predicted octanol–water partition coefficient (Wildman–Crippen LogP) is 3.89. The van der Waals surface area contributed by atoms with Crippen molar-refractivity contribution in [3.8, 4) is 0 Å². The highest BCUT2D eigenvalue weighted by Gasteiger charge is 2.14. The molecule has 0 aliphatic carbocycles. The lowest BCUT2D eigenvalue weighted by atomic mass is 10.0. The quantitative estimate of drug-likeness (QED) is 0.783. The van der Waals surface area contributed by atoms with Gasteiger partial charge in [0.1, 0.15) is 0 Å². The van der Waals surface area contributed by atoms with Crippen molar-refractivity contribution in [2.45, 2.75) is 19.4 Å². The molecule has 3 nitrogen and oxygen atoms in total. The van der Waals surface area contributed by atoms with Crippen molar-refractivity contribution < 1.29 is 0 Å². The minimum Gasteiger partial charge on any atom is -0.324 e. The average Bonchev–Trinajstić information content (AvgIpc) is 2.79. The molecule has 2 N–H and O–H groups in total. The van der Waals surface area contributed by atoms with E-state index in [9.17, 15) is 0 Å². The summed E-state index contributed by atoms with van der Waals surface area (Å²) < 4.78 is 3.02. The minimum absolute atomic E-state index is 0.0554. The van der Waals surface area contributed by atoms with Crippen molar-refractivity contribution in [1.29, 1.82) is 0 Å². The van der Waals surface area contributed by atoms with E-state index in [1.54, 1.807) is 0 Å². The number of rotatable bonds is 3. The van der Waals surface area contributed by atoms with Crippen LogP contribution in [0, 0.1) is 6.92 Å². The smallest absolute Gasteiger partial charge is 0.0722 e. The van der Waals surface area contributed by atoms with E-state index in [1.165, 1.54) is 10.9 Å². The van der Waals surface area contributed by atoms with Crippen molar-refractivity contribution in [1.82, 2.24) is 9.78 Å². The SMILES string of the molecule is Cc1ccc(C(N)Cc2nn(C)c3ccccc23)cc1Br. The minimum atomic E-state index is -0.0554. The molecule has 0 fully saturated rings. The van der Waals surface area contributed by atoms with Crippen molar-refractivity contribution in [2.75, 3.05) is 0 Å². The molecule has 0 saturated heterocycles. The fraction of sp³-hybridized carbons (Fsp3) is 0.235. The molecule has 0 aliphatic heterocycles. The molecule has 0 bridgehead atoms. The molecule has 0 amide bonds. The summed E-state index contributed by atoms with van der Waals surface area (Å²) in [7, 11) is 1.97. The molecule has 3 aromatic rings. The van der Waals surface area contributed by atoms with Gasteiger partial charge in [0, 0.05) is 29.4 Å². The number of aromatic nitrogens is 2. The maximum absolute atomic E-state index is 6.38. The van der Waals surface area contributed by atoms with Gasteiger partial charge in [-0.1, -0.05) is 46.3 Å². The number of nitrogens with two attached hydrogens (primary N) is 1. The third-order valence-electron chi connectivity index (χ3n) is 3.87. The van der Waals surface area contributed by atoms with Crippen LogP contribution in [0.15, 0.2) is 46.9 Å². The lowest BCUT2D eigenvalue weighted by Gasteiger charge is -2.12. The fourth-order valence-corrected chi connectivity index (χ4v) is 3.00. The Kier molecular flexibility index (Phi) is 3.83. The zero-order chi connectivity index (χ0) is 15.0. The second-order valence-electron chi connectivity index (χ2n) is 5.41. The van der Waals surface area contributed by atoms with Crippen LogP contribution in [0.4, 0.5) is 0 Å². The second-order valence-corrected chi connectivity index (χ2v) is 6.26. The van der Waals surface area contributed by atoms with Crippen LogP contribution >= 0.6 is 15.9 Å². The van der Waals surface area contributed by atoms with Crippen LogP contribution in [0.5, 0.6) is 0 Å². The molecule has 0 spiro atoms. The maximum Gasteiger partial charge on any atom is 0.0722 e. The zero-order valence-corrected chi connectivity index (χ0v) is 13.8. The summed E-state index contributed by atoms with van der Waals surface area (Å²) in [6, 6.07) is 14.5. The third-order valence-corrected chi connectivity index (χ3v) is 4.73. The molecule has 4 heteroatoms. The van der Waals surface area contributed by atoms with Crippen LogP contribution in [-0.2, 0) is 13.5 Å². The van der Waals surface area contributed by atoms with Crippen molar-refractivity contribution >= 4 is 26.8 Å². The summed E-state index contributed by atoms with van der Waals surface area (Å²) in [4.78, 5) is 0. The molecule has 1 aromatic heterocycles. The molecular formula is C17H18BrN3. The molecule has 108 valence electrons. The van der Waals surface area contributed by atoms with E-state index in [4.69, 9.17) is 5.73 Å². The van der Waals surface area contributed by atoms with E-state index >= 15 is 0 Å². The third kappa shape index (κ3) is 2.74. The molecule has 0 radical (unpaired) electrons. The van der Waals surface area contributed by atoms with E-state index < -0.39 is 0 Å². The average molecular weight is 344 g/mol. The summed E-state index contributed by atoms with van der Waals surface area (Å²) in [6.45, 7) is 2.08. The first kappa shape index (κ1) is 14.3. The summed E-state index contributed by atoms with van der Waals surface area (Å²) in [5.41, 5.74) is 10.9. The number of hydrogen-bond acceptors (Lipinski definition) is 2. The van der Waals surface area contributed by atoms with E-state index in [2.05, 4.69) is 58.3 Å². The molecule has 1 atom stereocenters. The standard InChI is InChI=1S/C17H18BrN3/c1-11-7-8-12(9-14(11)18)15(19)10-16-13-5-3-4-6-17(13)21(2)20-16/h3-9,15H,10,19H2,1-2H3. The predicted molar refractivity (Wildman–Crippen MR) is 90.2 cm³/mol. The first-order valence-corrected chi connectivity index (χ1v) is 7.78. The summed E-state index contributed by atoms with van der Waals surface area (Å²) in [5.74, 6) is 0. The normalized spacial score (nSPS) is 12.8. The van der Waals surface area contributed by atoms with Crippen LogP contribution < -0.4 is 5.73 Å². The van der Waals surface area contributed by atoms with Crippen LogP contribution in [0.3, 0.4) is 0 Å². The van der Waals surface area contributed by atoms with E-state index in [0.29, 0.717) is 0 Å². The Hall–Kier alpha value is -1.65. The van der Waals surface area contributed by atoms with Gasteiger partial charge in [-0.05, 0) is 30.2 Å². The Morgan fingerprint density at radius 1 is 1.24 bits per heavy atom. The summed E-state index contributed by atoms with van der Waals surface area (Å²) >= 11 is 3.57. The van der Waals surface area contributed by atoms with Gasteiger partial charge in [0.05, 0.1) is 11.2 Å². The van der Waals surface area contributed by atoms with Gasteiger partial charge in [-0.3, -0.25) is 4.68 Å². The largest absolute Gasteiger partial charge is 0.324 e. The van der Waals surface area contributed by atoms with E-state index in [1.807, 2.05) is 23.9 Å². The summed E-state index contributed by atoms with van der Waals surface area (Å²) in [6.07, 6.45) is 0.733. The molecule has 1 unspecified atom stereocenters. The summed E-state index contributed by atoms with van der Waals surface area (Å²) in [5, 5.41) is 5.80. The number of hydrogen-bond donors (Lipinski definition) is 1. The van der Waals surface area contributed by atoms with Crippen LogP contribution in [0.1, 0.15) is 22.9 Å². The molecule has 21 heavy (non-hydrogen) atoms. The van der Waals surface area contributed by atoms with Crippen molar-refractivity contribution in [2.24, 2.45) is 12.8 Å². The van der Waals surface area contributed by atoms with E-state index in [-0.39, 0.29) is 6.04 Å². The van der Waals surface area contributed by atoms with Gasteiger partial charge in [-0.2, -0.15) is 5.10 Å². The Morgan fingerprint density at radius 3 is 2.76 bits per heavy atom. The Labute approximate surface area is 132 Å². The number of halogens is 1. The number of para-hydroxylation sites is 1. The maximum atomic E-state index is 6.38. The van der Waals surface area contributed by atoms with Gasteiger partial charge in [-0.15, -0.1) is 0 Å². The monoisotopic (exact) mass is 343 g/mol. The highest BCUT2D eigenvalue weighted by atomic mass is 79.9. The molecule has 3 rings (SSSR count). The lowest BCUT2D eigenvalue weighted by molar-refractivity contribution is 0.682. The first-order valence-electron chi connectivity index (χ1n) is 6.98. The number of benzene rings is 2. The molecule has 2 aromatic carbocycles. The van der Waals surface area contributed by atoms with Crippen LogP contribution in [0.2, 0.25) is 0 Å². The van der Waals surface area contributed by atoms with Crippen molar-refractivity contribution in [3.05, 3.63) is 63.8 Å². The van der Waals surface area contributed by atoms with Crippen LogP contribution in [0.25, 0.3) is 10.9 Å². The molecule has 0 aliphatic rings. The number of fused-ring (bicyclic) bond motifs is 1. The van der Waals surface area contributed by atoms with Crippen LogP contribution in [-0.4, -0.2) is 9.78 Å². The highest BCUT2D eigenvalue weighted by molar-refractivity contribution is 9.10. The first-order chi connectivity index (χ1) is 10.1. The highest BCUT2D eigenvalue weighted by Crippen LogP contribution is 2.25. The molecule has 0 saturated carbocycles. The van der Waals surface area contributed by atoms with Gasteiger partial charge in [0.2, 0.25) is 0 Å². The van der Waals surface area contributed by atoms with Gasteiger partial charge in [-0.25, -0.2) is 0 Å². The topological polar surface area (TPSA) is 43.8 Å². The lowest BCUT2D eigenvalue weighted by Crippen LogP contribution is -2.14. The second kappa shape index (κ2) is 5.62. The zero-order valence-electron chi connectivity index (χ0n) is 12.2. The molecular weight excluding hydrogens is 326 g/mol. The fourth-order valence-electron chi connectivity index (χ4n) is 2.61. The van der Waals surface area contributed by atoms with Gasteiger partial charge >= 0.3 is 0 Å². The van der Waals surface area contributed by atoms with Crippen molar-refractivity contribution in [3.63, 3.8) is 0 Å². The van der Waals surface area contributed by atoms with Gasteiger partial charge in [0.25, 0.3) is 0 Å². The number of aryl methyl sites for hydroxylation is 2.